The fourth-order valence-electron chi connectivity index (χ4n) is 3.67. The number of likely N-dealkylation sites (tertiary alicyclic amines) is 2. The lowest BCUT2D eigenvalue weighted by molar-refractivity contribution is -0.168. The summed E-state index contributed by atoms with van der Waals surface area (Å²) in [6.07, 6.45) is 6.21. The summed E-state index contributed by atoms with van der Waals surface area (Å²) < 4.78 is 57.9. The third-order valence-corrected chi connectivity index (χ3v) is 5.07. The lowest BCUT2D eigenvalue weighted by Gasteiger charge is -2.36. The molecular formula is C17H14F4N6O2. The second-order valence-electron chi connectivity index (χ2n) is 6.79. The van der Waals surface area contributed by atoms with Crippen LogP contribution in [-0.4, -0.2) is 66.7 Å². The summed E-state index contributed by atoms with van der Waals surface area (Å²) in [5.74, 6) is -10.8. The molecule has 29 heavy (non-hydrogen) atoms. The lowest BCUT2D eigenvalue weighted by atomic mass is 10.1. The quantitative estimate of drug-likeness (QED) is 0.698. The SMILES string of the molecule is O=C(N1C[C@@H]2C[C@H]1CN2C(=O)C(F)(F)c1cnccn1)C(F)(F)c1cnccn1. The lowest BCUT2D eigenvalue weighted by Crippen LogP contribution is -2.56. The van der Waals surface area contributed by atoms with Gasteiger partial charge in [-0.25, -0.2) is 0 Å². The van der Waals surface area contributed by atoms with Crippen LogP contribution in [-0.2, 0) is 21.4 Å². The van der Waals surface area contributed by atoms with Crippen molar-refractivity contribution in [3.63, 3.8) is 0 Å². The Morgan fingerprint density at radius 3 is 1.52 bits per heavy atom. The van der Waals surface area contributed by atoms with E-state index < -0.39 is 47.1 Å². The minimum Gasteiger partial charge on any atom is -0.330 e. The molecule has 2 aromatic rings. The topological polar surface area (TPSA) is 92.2 Å². The Morgan fingerprint density at radius 2 is 1.21 bits per heavy atom. The standard InChI is InChI=1S/C17H14F4N6O2/c18-16(19,12-6-22-1-3-24-12)14(28)26-8-11-5-10(26)9-27(11)15(29)17(20,21)13-7-23-2-4-25-13/h1-4,6-7,10-11H,5,8-9H2/t10-,11-/m0/s1. The molecule has 0 saturated carbocycles. The molecule has 8 nitrogen and oxygen atoms in total. The van der Waals surface area contributed by atoms with Crippen molar-refractivity contribution in [1.82, 2.24) is 29.7 Å². The highest BCUT2D eigenvalue weighted by Gasteiger charge is 2.57. The zero-order chi connectivity index (χ0) is 20.8. The number of halogens is 4. The van der Waals surface area contributed by atoms with Crippen LogP contribution in [0.4, 0.5) is 17.6 Å². The maximum absolute atomic E-state index is 14.5. The molecule has 0 aliphatic carbocycles. The van der Waals surface area contributed by atoms with Crippen LogP contribution in [0.1, 0.15) is 17.8 Å². The fourth-order valence-corrected chi connectivity index (χ4v) is 3.67. The molecule has 2 aromatic heterocycles. The van der Waals surface area contributed by atoms with E-state index in [-0.39, 0.29) is 19.5 Å². The number of carbonyl (C=O) groups is 2. The Morgan fingerprint density at radius 1 is 0.793 bits per heavy atom. The molecule has 12 heteroatoms. The molecule has 0 spiro atoms. The Labute approximate surface area is 161 Å². The molecule has 2 fully saturated rings. The van der Waals surface area contributed by atoms with Crippen LogP contribution in [0.5, 0.6) is 0 Å². The smallest absolute Gasteiger partial charge is 0.330 e. The first-order valence-electron chi connectivity index (χ1n) is 8.63. The Kier molecular flexibility index (Phi) is 4.43. The molecule has 2 saturated heterocycles. The van der Waals surface area contributed by atoms with E-state index >= 15 is 0 Å². The molecule has 2 bridgehead atoms. The number of hydrogen-bond acceptors (Lipinski definition) is 6. The van der Waals surface area contributed by atoms with E-state index in [9.17, 15) is 27.2 Å². The van der Waals surface area contributed by atoms with Gasteiger partial charge in [0, 0.05) is 37.9 Å². The number of rotatable bonds is 4. The molecule has 2 aliphatic rings. The Hall–Kier alpha value is -3.18. The summed E-state index contributed by atoms with van der Waals surface area (Å²) >= 11 is 0. The maximum atomic E-state index is 14.5. The van der Waals surface area contributed by atoms with Crippen LogP contribution in [0.15, 0.2) is 37.2 Å². The van der Waals surface area contributed by atoms with E-state index in [1.807, 2.05) is 0 Å². The van der Waals surface area contributed by atoms with Crippen LogP contribution >= 0.6 is 0 Å². The fraction of sp³-hybridized carbons (Fsp3) is 0.412. The van der Waals surface area contributed by atoms with Crippen molar-refractivity contribution < 1.29 is 27.2 Å². The summed E-state index contributed by atoms with van der Waals surface area (Å²) in [5.41, 5.74) is -1.59. The number of amides is 2. The van der Waals surface area contributed by atoms with Gasteiger partial charge in [0.05, 0.1) is 24.5 Å². The average Bonchev–Trinajstić information content (AvgIpc) is 3.34. The molecule has 152 valence electrons. The van der Waals surface area contributed by atoms with Gasteiger partial charge in [0.2, 0.25) is 0 Å². The summed E-state index contributed by atoms with van der Waals surface area (Å²) in [5, 5.41) is 0. The van der Waals surface area contributed by atoms with Gasteiger partial charge in [-0.05, 0) is 6.42 Å². The van der Waals surface area contributed by atoms with Crippen LogP contribution < -0.4 is 0 Å². The van der Waals surface area contributed by atoms with Crippen LogP contribution in [0.2, 0.25) is 0 Å². The van der Waals surface area contributed by atoms with Crippen molar-refractivity contribution in [1.29, 1.82) is 0 Å². The van der Waals surface area contributed by atoms with Gasteiger partial charge >= 0.3 is 11.8 Å². The largest absolute Gasteiger partial charge is 0.367 e. The van der Waals surface area contributed by atoms with Gasteiger partial charge in [-0.2, -0.15) is 17.6 Å². The number of nitrogens with zero attached hydrogens (tertiary/aromatic N) is 6. The molecule has 2 atom stereocenters. The van der Waals surface area contributed by atoms with E-state index in [1.54, 1.807) is 0 Å². The minimum atomic E-state index is -3.91. The second kappa shape index (κ2) is 6.71. The van der Waals surface area contributed by atoms with Gasteiger partial charge < -0.3 is 9.80 Å². The number of piperazine rings is 1. The number of alkyl halides is 4. The highest BCUT2D eigenvalue weighted by molar-refractivity contribution is 5.87. The van der Waals surface area contributed by atoms with Crippen molar-refractivity contribution in [3.8, 4) is 0 Å². The zero-order valence-electron chi connectivity index (χ0n) is 14.8. The van der Waals surface area contributed by atoms with Crippen LogP contribution in [0, 0.1) is 0 Å². The first-order valence-corrected chi connectivity index (χ1v) is 8.63. The van der Waals surface area contributed by atoms with Crippen LogP contribution in [0.3, 0.4) is 0 Å². The van der Waals surface area contributed by atoms with Gasteiger partial charge in [0.1, 0.15) is 11.4 Å². The number of aromatic nitrogens is 4. The van der Waals surface area contributed by atoms with E-state index in [4.69, 9.17) is 0 Å². The molecule has 4 heterocycles. The van der Waals surface area contributed by atoms with Crippen molar-refractivity contribution in [2.45, 2.75) is 30.3 Å². The summed E-state index contributed by atoms with van der Waals surface area (Å²) in [4.78, 5) is 40.7. The minimum absolute atomic E-state index is 0.143. The monoisotopic (exact) mass is 410 g/mol. The van der Waals surface area contributed by atoms with Gasteiger partial charge in [-0.15, -0.1) is 0 Å². The first kappa shape index (κ1) is 19.2. The molecule has 0 radical (unpaired) electrons. The zero-order valence-corrected chi connectivity index (χ0v) is 14.8. The number of carbonyl (C=O) groups excluding carboxylic acids is 2. The predicted molar refractivity (Wildman–Crippen MR) is 87.5 cm³/mol. The summed E-state index contributed by atoms with van der Waals surface area (Å²) in [7, 11) is 0. The predicted octanol–water partition coefficient (Wildman–Crippen LogP) is 0.962. The van der Waals surface area contributed by atoms with Gasteiger partial charge in [0.25, 0.3) is 11.8 Å². The highest BCUT2D eigenvalue weighted by Crippen LogP contribution is 2.39. The molecule has 0 unspecified atom stereocenters. The normalized spacial score (nSPS) is 21.5. The van der Waals surface area contributed by atoms with Crippen LogP contribution in [0.25, 0.3) is 0 Å². The third-order valence-electron chi connectivity index (χ3n) is 5.07. The number of hydrogen-bond donors (Lipinski definition) is 0. The van der Waals surface area contributed by atoms with E-state index in [1.165, 1.54) is 12.4 Å². The van der Waals surface area contributed by atoms with E-state index in [0.29, 0.717) is 0 Å². The van der Waals surface area contributed by atoms with Gasteiger partial charge in [0.15, 0.2) is 0 Å². The van der Waals surface area contributed by atoms with Crippen molar-refractivity contribution in [2.24, 2.45) is 0 Å². The molecule has 4 rings (SSSR count). The number of fused-ring (bicyclic) bond motifs is 2. The summed E-state index contributed by atoms with van der Waals surface area (Å²) in [6.45, 7) is -0.525. The van der Waals surface area contributed by atoms with Crippen molar-refractivity contribution in [3.05, 3.63) is 48.6 Å². The van der Waals surface area contributed by atoms with Gasteiger partial charge in [-0.3, -0.25) is 29.5 Å². The third kappa shape index (κ3) is 3.08. The van der Waals surface area contributed by atoms with E-state index in [0.717, 1.165) is 34.6 Å². The Balaban J connectivity index is 1.49. The van der Waals surface area contributed by atoms with E-state index in [2.05, 4.69) is 19.9 Å². The molecular weight excluding hydrogens is 396 g/mol. The maximum Gasteiger partial charge on any atom is 0.367 e. The molecule has 0 N–H and O–H groups in total. The highest BCUT2D eigenvalue weighted by atomic mass is 19.3. The molecule has 0 aromatic carbocycles. The summed E-state index contributed by atoms with van der Waals surface area (Å²) in [6, 6.07) is -1.56. The van der Waals surface area contributed by atoms with Crippen molar-refractivity contribution in [2.75, 3.05) is 13.1 Å². The van der Waals surface area contributed by atoms with Gasteiger partial charge in [-0.1, -0.05) is 0 Å². The Bertz CT molecular complexity index is 855. The molecule has 2 amide bonds. The average molecular weight is 410 g/mol. The molecule has 2 aliphatic heterocycles. The first-order chi connectivity index (χ1) is 13.7. The second-order valence-corrected chi connectivity index (χ2v) is 6.79. The van der Waals surface area contributed by atoms with Crippen molar-refractivity contribution >= 4 is 11.8 Å².